The molecule has 1 aliphatic rings. The van der Waals surface area contributed by atoms with Crippen LogP contribution in [0.3, 0.4) is 0 Å². The van der Waals surface area contributed by atoms with Gasteiger partial charge in [-0.3, -0.25) is 0 Å². The van der Waals surface area contributed by atoms with Gasteiger partial charge in [0.1, 0.15) is 0 Å². The van der Waals surface area contributed by atoms with E-state index in [2.05, 4.69) is 36.3 Å². The smallest absolute Gasteiger partial charge is 0.230 e. The van der Waals surface area contributed by atoms with E-state index in [1.54, 1.807) is 0 Å². The summed E-state index contributed by atoms with van der Waals surface area (Å²) in [7, 11) is 0. The van der Waals surface area contributed by atoms with Gasteiger partial charge in [-0.05, 0) is 33.6 Å². The lowest BCUT2D eigenvalue weighted by molar-refractivity contribution is 0.371. The normalized spacial score (nSPS) is 17.4. The van der Waals surface area contributed by atoms with Gasteiger partial charge in [0.15, 0.2) is 0 Å². The Morgan fingerprint density at radius 3 is 2.64 bits per heavy atom. The molecule has 1 N–H and O–H groups in total. The summed E-state index contributed by atoms with van der Waals surface area (Å²) in [6.45, 7) is 7.00. The third-order valence-corrected chi connectivity index (χ3v) is 2.18. The van der Waals surface area contributed by atoms with E-state index in [-0.39, 0.29) is 5.54 Å². The van der Waals surface area contributed by atoms with Crippen molar-refractivity contribution in [3.8, 4) is 0 Å². The van der Waals surface area contributed by atoms with Crippen molar-refractivity contribution in [3.05, 3.63) is 11.8 Å². The number of hydrogen-bond acceptors (Lipinski definition) is 4. The minimum atomic E-state index is 0.0915. The van der Waals surface area contributed by atoms with Crippen LogP contribution in [0.2, 0.25) is 0 Å². The molecule has 1 heterocycles. The Morgan fingerprint density at radius 2 is 2.07 bits per heavy atom. The number of nitrogens with one attached hydrogen (secondary N) is 1. The van der Waals surface area contributed by atoms with Gasteiger partial charge in [-0.1, -0.05) is 0 Å². The van der Waals surface area contributed by atoms with Gasteiger partial charge in [-0.25, -0.2) is 0 Å². The average molecular weight is 195 g/mol. The molecule has 1 aliphatic carbocycles. The number of aromatic nitrogens is 2. The predicted octanol–water partition coefficient (Wildman–Crippen LogP) is 1.84. The quantitative estimate of drug-likeness (QED) is 0.799. The van der Waals surface area contributed by atoms with E-state index in [0.29, 0.717) is 18.4 Å². The van der Waals surface area contributed by atoms with Crippen molar-refractivity contribution in [1.82, 2.24) is 15.5 Å². The second-order valence-electron chi connectivity index (χ2n) is 4.91. The average Bonchev–Trinajstić information content (AvgIpc) is 2.81. The fraction of sp³-hybridized carbons (Fsp3) is 0.800. The Kier molecular flexibility index (Phi) is 2.31. The fourth-order valence-electron chi connectivity index (χ4n) is 1.17. The SMILES string of the molecule is CC(C)(C)NCc1nnc(C2CC2)o1. The molecule has 14 heavy (non-hydrogen) atoms. The van der Waals surface area contributed by atoms with Gasteiger partial charge < -0.3 is 9.73 Å². The molecule has 4 heteroatoms. The summed E-state index contributed by atoms with van der Waals surface area (Å²) in [5.41, 5.74) is 0.0915. The van der Waals surface area contributed by atoms with Crippen LogP contribution in [0.4, 0.5) is 0 Å². The maximum absolute atomic E-state index is 5.52. The van der Waals surface area contributed by atoms with Gasteiger partial charge in [0.05, 0.1) is 6.54 Å². The van der Waals surface area contributed by atoms with Crippen molar-refractivity contribution in [2.45, 2.75) is 51.6 Å². The number of hydrogen-bond donors (Lipinski definition) is 1. The molecule has 0 radical (unpaired) electrons. The lowest BCUT2D eigenvalue weighted by Gasteiger charge is -2.18. The lowest BCUT2D eigenvalue weighted by atomic mass is 10.1. The highest BCUT2D eigenvalue weighted by molar-refractivity contribution is 5.00. The molecule has 0 amide bonds. The van der Waals surface area contributed by atoms with Crippen molar-refractivity contribution in [2.75, 3.05) is 0 Å². The summed E-state index contributed by atoms with van der Waals surface area (Å²) in [5.74, 6) is 2.06. The zero-order chi connectivity index (χ0) is 10.2. The van der Waals surface area contributed by atoms with Crippen molar-refractivity contribution in [2.24, 2.45) is 0 Å². The topological polar surface area (TPSA) is 51.0 Å². The minimum Gasteiger partial charge on any atom is -0.424 e. The second-order valence-corrected chi connectivity index (χ2v) is 4.91. The molecule has 1 aromatic heterocycles. The van der Waals surface area contributed by atoms with E-state index in [1.807, 2.05) is 0 Å². The van der Waals surface area contributed by atoms with E-state index in [4.69, 9.17) is 4.42 Å². The van der Waals surface area contributed by atoms with Crippen LogP contribution in [-0.4, -0.2) is 15.7 Å². The molecule has 1 saturated carbocycles. The summed E-state index contributed by atoms with van der Waals surface area (Å²) < 4.78 is 5.52. The Morgan fingerprint density at radius 1 is 1.36 bits per heavy atom. The van der Waals surface area contributed by atoms with Crippen LogP contribution < -0.4 is 5.32 Å². The van der Waals surface area contributed by atoms with Crippen LogP contribution in [-0.2, 0) is 6.54 Å². The fourth-order valence-corrected chi connectivity index (χ4v) is 1.17. The van der Waals surface area contributed by atoms with E-state index >= 15 is 0 Å². The van der Waals surface area contributed by atoms with Gasteiger partial charge >= 0.3 is 0 Å². The summed E-state index contributed by atoms with van der Waals surface area (Å²) in [6.07, 6.45) is 2.41. The first kappa shape index (κ1) is 9.65. The van der Waals surface area contributed by atoms with Crippen molar-refractivity contribution < 1.29 is 4.42 Å². The van der Waals surface area contributed by atoms with Gasteiger partial charge in [-0.2, -0.15) is 0 Å². The van der Waals surface area contributed by atoms with E-state index in [1.165, 1.54) is 12.8 Å². The maximum atomic E-state index is 5.52. The minimum absolute atomic E-state index is 0.0915. The molecule has 0 saturated heterocycles. The van der Waals surface area contributed by atoms with Crippen molar-refractivity contribution in [3.63, 3.8) is 0 Å². The zero-order valence-corrected chi connectivity index (χ0v) is 9.00. The van der Waals surface area contributed by atoms with Crippen molar-refractivity contribution >= 4 is 0 Å². The third kappa shape index (κ3) is 2.54. The highest BCUT2D eigenvalue weighted by Crippen LogP contribution is 2.38. The first-order chi connectivity index (χ1) is 6.54. The molecular formula is C10H17N3O. The molecule has 2 rings (SSSR count). The van der Waals surface area contributed by atoms with Gasteiger partial charge in [0.2, 0.25) is 11.8 Å². The van der Waals surface area contributed by atoms with Gasteiger partial charge in [0, 0.05) is 11.5 Å². The molecule has 0 aliphatic heterocycles. The Balaban J connectivity index is 1.90. The Bertz CT molecular complexity index is 309. The summed E-state index contributed by atoms with van der Waals surface area (Å²) in [5, 5.41) is 11.3. The Hall–Kier alpha value is -0.900. The second kappa shape index (κ2) is 3.35. The largest absolute Gasteiger partial charge is 0.424 e. The highest BCUT2D eigenvalue weighted by Gasteiger charge is 2.29. The molecule has 78 valence electrons. The van der Waals surface area contributed by atoms with Crippen LogP contribution in [0.1, 0.15) is 51.3 Å². The molecule has 0 bridgehead atoms. The predicted molar refractivity (Wildman–Crippen MR) is 52.9 cm³/mol. The molecule has 0 spiro atoms. The first-order valence-corrected chi connectivity index (χ1v) is 5.12. The molecule has 0 aromatic carbocycles. The Labute approximate surface area is 84.1 Å². The summed E-state index contributed by atoms with van der Waals surface area (Å²) >= 11 is 0. The van der Waals surface area contributed by atoms with E-state index in [0.717, 1.165) is 5.89 Å². The van der Waals surface area contributed by atoms with Crippen LogP contribution in [0, 0.1) is 0 Å². The summed E-state index contributed by atoms with van der Waals surface area (Å²) in [6, 6.07) is 0. The van der Waals surface area contributed by atoms with Crippen molar-refractivity contribution in [1.29, 1.82) is 0 Å². The third-order valence-electron chi connectivity index (χ3n) is 2.18. The van der Waals surface area contributed by atoms with Crippen LogP contribution in [0.25, 0.3) is 0 Å². The van der Waals surface area contributed by atoms with Crippen LogP contribution in [0.15, 0.2) is 4.42 Å². The molecule has 0 unspecified atom stereocenters. The van der Waals surface area contributed by atoms with Crippen LogP contribution in [0.5, 0.6) is 0 Å². The molecule has 1 aromatic rings. The lowest BCUT2D eigenvalue weighted by Crippen LogP contribution is -2.35. The maximum Gasteiger partial charge on any atom is 0.230 e. The molecular weight excluding hydrogens is 178 g/mol. The highest BCUT2D eigenvalue weighted by atomic mass is 16.4. The van der Waals surface area contributed by atoms with Gasteiger partial charge in [0.25, 0.3) is 0 Å². The molecule has 1 fully saturated rings. The number of nitrogens with zero attached hydrogens (tertiary/aromatic N) is 2. The first-order valence-electron chi connectivity index (χ1n) is 5.12. The van der Waals surface area contributed by atoms with E-state index < -0.39 is 0 Å². The molecule has 4 nitrogen and oxygen atoms in total. The number of rotatable bonds is 3. The molecule has 0 atom stereocenters. The van der Waals surface area contributed by atoms with Gasteiger partial charge in [-0.15, -0.1) is 10.2 Å². The van der Waals surface area contributed by atoms with E-state index in [9.17, 15) is 0 Å². The standard InChI is InChI=1S/C10H17N3O/c1-10(2,3)11-6-8-12-13-9(14-8)7-4-5-7/h7,11H,4-6H2,1-3H3. The summed E-state index contributed by atoms with van der Waals surface area (Å²) in [4.78, 5) is 0. The zero-order valence-electron chi connectivity index (χ0n) is 9.00. The van der Waals surface area contributed by atoms with Crippen LogP contribution >= 0.6 is 0 Å². The monoisotopic (exact) mass is 195 g/mol.